The van der Waals surface area contributed by atoms with E-state index >= 15 is 0 Å². The zero-order chi connectivity index (χ0) is 13.8. The molecule has 2 rings (SSSR count). The summed E-state index contributed by atoms with van der Waals surface area (Å²) in [5.74, 6) is -0.0562. The molecule has 1 aromatic heterocycles. The number of ether oxygens (including phenoxy) is 2. The number of carbonyl (C=O) groups is 1. The van der Waals surface area contributed by atoms with Crippen LogP contribution in [-0.4, -0.2) is 28.4 Å². The highest BCUT2D eigenvalue weighted by Crippen LogP contribution is 2.31. The molecule has 0 aliphatic rings. The largest absolute Gasteiger partial charge is 0.493 e. The molecular weight excluding hydrogens is 248 g/mol. The lowest BCUT2D eigenvalue weighted by atomic mass is 10.2. The van der Waals surface area contributed by atoms with Crippen molar-refractivity contribution in [3.8, 4) is 17.4 Å². The number of carboxylic acid groups (broad SMARTS) is 1. The van der Waals surface area contributed by atoms with E-state index in [1.165, 1.54) is 25.3 Å². The number of methoxy groups -OCH3 is 1. The molecule has 0 spiro atoms. The molecule has 6 nitrogen and oxygen atoms in total. The van der Waals surface area contributed by atoms with E-state index in [9.17, 15) is 4.79 Å². The summed E-state index contributed by atoms with van der Waals surface area (Å²) in [6, 6.07) is 6.04. The second-order valence-electron chi connectivity index (χ2n) is 3.84. The van der Waals surface area contributed by atoms with E-state index in [4.69, 9.17) is 14.6 Å². The van der Waals surface area contributed by atoms with Crippen LogP contribution in [-0.2, 0) is 0 Å². The van der Waals surface area contributed by atoms with Gasteiger partial charge in [0.25, 0.3) is 0 Å². The molecule has 1 aromatic carbocycles. The number of aromatic carboxylic acids is 1. The van der Waals surface area contributed by atoms with Gasteiger partial charge in [-0.1, -0.05) is 0 Å². The number of nitrogens with zero attached hydrogens (tertiary/aromatic N) is 2. The molecule has 0 saturated carbocycles. The molecule has 98 valence electrons. The van der Waals surface area contributed by atoms with Crippen molar-refractivity contribution in [2.75, 3.05) is 7.11 Å². The van der Waals surface area contributed by atoms with Crippen molar-refractivity contribution in [3.63, 3.8) is 0 Å². The number of aromatic nitrogens is 2. The van der Waals surface area contributed by atoms with Crippen LogP contribution in [0.3, 0.4) is 0 Å². The Hall–Kier alpha value is -2.63. The van der Waals surface area contributed by atoms with Gasteiger partial charge in [-0.2, -0.15) is 5.10 Å². The number of rotatable bonds is 4. The molecule has 0 aliphatic carbocycles. The fourth-order valence-corrected chi connectivity index (χ4v) is 1.49. The van der Waals surface area contributed by atoms with Gasteiger partial charge in [-0.25, -0.2) is 4.79 Å². The van der Waals surface area contributed by atoms with Crippen LogP contribution >= 0.6 is 0 Å². The highest BCUT2D eigenvalue weighted by atomic mass is 16.5. The van der Waals surface area contributed by atoms with E-state index < -0.39 is 5.97 Å². The Bertz CT molecular complexity index is 613. The second-order valence-corrected chi connectivity index (χ2v) is 3.84. The molecule has 0 fully saturated rings. The summed E-state index contributed by atoms with van der Waals surface area (Å²) >= 11 is 0. The van der Waals surface area contributed by atoms with Gasteiger partial charge in [0.15, 0.2) is 11.5 Å². The standard InChI is InChI=1S/C13H12N2O4/c1-8-5-12(15-14-7-8)19-11-6-9(13(16)17)3-4-10(11)18-2/h3-7H,1-2H3,(H,16,17). The van der Waals surface area contributed by atoms with Gasteiger partial charge < -0.3 is 14.6 Å². The van der Waals surface area contributed by atoms with Crippen molar-refractivity contribution in [2.45, 2.75) is 6.92 Å². The Morgan fingerprint density at radius 1 is 1.26 bits per heavy atom. The van der Waals surface area contributed by atoms with Gasteiger partial charge in [0.1, 0.15) is 0 Å². The average molecular weight is 260 g/mol. The predicted octanol–water partition coefficient (Wildman–Crippen LogP) is 2.28. The third-order valence-electron chi connectivity index (χ3n) is 2.39. The zero-order valence-corrected chi connectivity index (χ0v) is 10.5. The maximum absolute atomic E-state index is 10.9. The Kier molecular flexibility index (Phi) is 3.61. The fraction of sp³-hybridized carbons (Fsp3) is 0.154. The monoisotopic (exact) mass is 260 g/mol. The van der Waals surface area contributed by atoms with Crippen LogP contribution in [0.15, 0.2) is 30.5 Å². The molecule has 0 saturated heterocycles. The second kappa shape index (κ2) is 5.34. The Balaban J connectivity index is 2.37. The van der Waals surface area contributed by atoms with E-state index in [0.717, 1.165) is 5.56 Å². The van der Waals surface area contributed by atoms with Crippen molar-refractivity contribution in [3.05, 3.63) is 41.6 Å². The quantitative estimate of drug-likeness (QED) is 0.908. The maximum atomic E-state index is 10.9. The van der Waals surface area contributed by atoms with E-state index in [0.29, 0.717) is 5.75 Å². The van der Waals surface area contributed by atoms with Gasteiger partial charge in [0.05, 0.1) is 18.9 Å². The normalized spacial score (nSPS) is 10.0. The third kappa shape index (κ3) is 2.98. The molecule has 0 bridgehead atoms. The number of aryl methyl sites for hydroxylation is 1. The topological polar surface area (TPSA) is 81.5 Å². The zero-order valence-electron chi connectivity index (χ0n) is 10.5. The average Bonchev–Trinajstić information content (AvgIpc) is 2.38. The summed E-state index contributed by atoms with van der Waals surface area (Å²) in [4.78, 5) is 10.9. The van der Waals surface area contributed by atoms with E-state index in [1.807, 2.05) is 6.92 Å². The summed E-state index contributed by atoms with van der Waals surface area (Å²) in [6.45, 7) is 1.85. The third-order valence-corrected chi connectivity index (χ3v) is 2.39. The highest BCUT2D eigenvalue weighted by Gasteiger charge is 2.11. The molecule has 0 radical (unpaired) electrons. The van der Waals surface area contributed by atoms with Crippen molar-refractivity contribution < 1.29 is 19.4 Å². The summed E-state index contributed by atoms with van der Waals surface area (Å²) in [5, 5.41) is 16.5. The molecule has 1 N–H and O–H groups in total. The lowest BCUT2D eigenvalue weighted by molar-refractivity contribution is 0.0696. The van der Waals surface area contributed by atoms with E-state index in [1.54, 1.807) is 12.3 Å². The molecule has 0 aliphatic heterocycles. The first kappa shape index (κ1) is 12.8. The molecular formula is C13H12N2O4. The minimum atomic E-state index is -1.04. The maximum Gasteiger partial charge on any atom is 0.335 e. The van der Waals surface area contributed by atoms with Gasteiger partial charge >= 0.3 is 5.97 Å². The van der Waals surface area contributed by atoms with Gasteiger partial charge in [-0.05, 0) is 30.7 Å². The van der Waals surface area contributed by atoms with Crippen LogP contribution in [0.5, 0.6) is 17.4 Å². The van der Waals surface area contributed by atoms with Crippen molar-refractivity contribution in [1.82, 2.24) is 10.2 Å². The van der Waals surface area contributed by atoms with Crippen LogP contribution < -0.4 is 9.47 Å². The minimum absolute atomic E-state index is 0.108. The molecule has 2 aromatic rings. The molecule has 6 heteroatoms. The predicted molar refractivity (Wildman–Crippen MR) is 66.8 cm³/mol. The minimum Gasteiger partial charge on any atom is -0.493 e. The molecule has 19 heavy (non-hydrogen) atoms. The van der Waals surface area contributed by atoms with Crippen LogP contribution in [0.25, 0.3) is 0 Å². The number of hydrogen-bond acceptors (Lipinski definition) is 5. The fourth-order valence-electron chi connectivity index (χ4n) is 1.49. The van der Waals surface area contributed by atoms with Crippen LogP contribution in [0.4, 0.5) is 0 Å². The van der Waals surface area contributed by atoms with E-state index in [2.05, 4.69) is 10.2 Å². The summed E-state index contributed by atoms with van der Waals surface area (Å²) in [7, 11) is 1.48. The Morgan fingerprint density at radius 3 is 2.68 bits per heavy atom. The van der Waals surface area contributed by atoms with Gasteiger partial charge in [-0.3, -0.25) is 0 Å². The van der Waals surface area contributed by atoms with Gasteiger partial charge in [0.2, 0.25) is 5.88 Å². The van der Waals surface area contributed by atoms with Crippen LogP contribution in [0.1, 0.15) is 15.9 Å². The van der Waals surface area contributed by atoms with Crippen molar-refractivity contribution in [1.29, 1.82) is 0 Å². The van der Waals surface area contributed by atoms with Gasteiger partial charge in [-0.15, -0.1) is 5.10 Å². The van der Waals surface area contributed by atoms with Crippen LogP contribution in [0, 0.1) is 6.92 Å². The first-order chi connectivity index (χ1) is 9.10. The first-order valence-electron chi connectivity index (χ1n) is 5.48. The lowest BCUT2D eigenvalue weighted by Crippen LogP contribution is -1.99. The molecule has 1 heterocycles. The summed E-state index contributed by atoms with van der Waals surface area (Å²) < 4.78 is 10.6. The summed E-state index contributed by atoms with van der Waals surface area (Å²) in [5.41, 5.74) is 0.995. The lowest BCUT2D eigenvalue weighted by Gasteiger charge is -2.10. The summed E-state index contributed by atoms with van der Waals surface area (Å²) in [6.07, 6.45) is 1.60. The van der Waals surface area contributed by atoms with Crippen molar-refractivity contribution in [2.24, 2.45) is 0 Å². The molecule has 0 atom stereocenters. The Labute approximate surface area is 109 Å². The first-order valence-corrected chi connectivity index (χ1v) is 5.48. The smallest absolute Gasteiger partial charge is 0.335 e. The van der Waals surface area contributed by atoms with E-state index in [-0.39, 0.29) is 17.2 Å². The molecule has 0 amide bonds. The number of benzene rings is 1. The Morgan fingerprint density at radius 2 is 2.05 bits per heavy atom. The molecule has 0 unspecified atom stereocenters. The SMILES string of the molecule is COc1ccc(C(=O)O)cc1Oc1cc(C)cnn1. The van der Waals surface area contributed by atoms with Crippen molar-refractivity contribution >= 4 is 5.97 Å². The van der Waals surface area contributed by atoms with Crippen LogP contribution in [0.2, 0.25) is 0 Å². The van der Waals surface area contributed by atoms with Gasteiger partial charge in [0, 0.05) is 6.07 Å². The highest BCUT2D eigenvalue weighted by molar-refractivity contribution is 5.88. The number of hydrogen-bond donors (Lipinski definition) is 1. The number of carboxylic acids is 1.